The summed E-state index contributed by atoms with van der Waals surface area (Å²) in [5, 5.41) is 0.719. The Balaban J connectivity index is 2.17. The number of hydrogen-bond donors (Lipinski definition) is 0. The van der Waals surface area contributed by atoms with Crippen LogP contribution in [0.4, 0.5) is 0 Å². The van der Waals surface area contributed by atoms with Crippen LogP contribution in [0.5, 0.6) is 0 Å². The van der Waals surface area contributed by atoms with Crippen LogP contribution in [0.2, 0.25) is 5.02 Å². The first-order chi connectivity index (χ1) is 10.7. The summed E-state index contributed by atoms with van der Waals surface area (Å²) in [4.78, 5) is 6.00. The predicted molar refractivity (Wildman–Crippen MR) is 99.6 cm³/mol. The van der Waals surface area contributed by atoms with Crippen LogP contribution in [0, 0.1) is 0 Å². The maximum absolute atomic E-state index is 6.11. The van der Waals surface area contributed by atoms with Crippen LogP contribution in [-0.2, 0) is 0 Å². The maximum Gasteiger partial charge on any atom is 0.0732 e. The van der Waals surface area contributed by atoms with Gasteiger partial charge in [-0.05, 0) is 36.6 Å². The minimum atomic E-state index is 0.719. The second-order valence-electron chi connectivity index (χ2n) is 4.77. The molecule has 1 heterocycles. The zero-order chi connectivity index (χ0) is 15.5. The molecular weight excluding hydrogens is 378 g/mol. The summed E-state index contributed by atoms with van der Waals surface area (Å²) < 4.78 is 1.04. The number of rotatable bonds is 3. The van der Waals surface area contributed by atoms with E-state index >= 15 is 0 Å². The number of pyridine rings is 1. The maximum atomic E-state index is 6.11. The van der Waals surface area contributed by atoms with E-state index in [-0.39, 0.29) is 0 Å². The lowest BCUT2D eigenvalue weighted by Crippen LogP contribution is -1.90. The molecule has 0 aliphatic carbocycles. The fourth-order valence-corrected chi connectivity index (χ4v) is 3.36. The molecule has 3 aromatic rings. The molecule has 1 aromatic heterocycles. The van der Waals surface area contributed by atoms with E-state index in [1.165, 1.54) is 4.90 Å². The van der Waals surface area contributed by atoms with Gasteiger partial charge < -0.3 is 0 Å². The predicted octanol–water partition coefficient (Wildman–Crippen LogP) is 6.55. The Kier molecular flexibility index (Phi) is 4.87. The second kappa shape index (κ2) is 6.86. The quantitative estimate of drug-likeness (QED) is 0.470. The molecule has 0 fully saturated rings. The van der Waals surface area contributed by atoms with E-state index < -0.39 is 0 Å². The van der Waals surface area contributed by atoms with Crippen molar-refractivity contribution in [1.29, 1.82) is 0 Å². The molecule has 4 heteroatoms. The molecule has 0 amide bonds. The Bertz CT molecular complexity index is 820. The summed E-state index contributed by atoms with van der Waals surface area (Å²) in [6.07, 6.45) is 2.07. The van der Waals surface area contributed by atoms with Gasteiger partial charge in [-0.25, -0.2) is 4.98 Å². The van der Waals surface area contributed by atoms with E-state index in [1.54, 1.807) is 11.8 Å². The van der Waals surface area contributed by atoms with Gasteiger partial charge in [0.15, 0.2) is 0 Å². The van der Waals surface area contributed by atoms with Crippen molar-refractivity contribution in [3.05, 3.63) is 70.2 Å². The molecule has 22 heavy (non-hydrogen) atoms. The number of aromatic nitrogens is 1. The van der Waals surface area contributed by atoms with E-state index in [0.717, 1.165) is 32.0 Å². The number of hydrogen-bond acceptors (Lipinski definition) is 2. The van der Waals surface area contributed by atoms with E-state index in [4.69, 9.17) is 16.6 Å². The third kappa shape index (κ3) is 3.37. The Morgan fingerprint density at radius 1 is 0.955 bits per heavy atom. The van der Waals surface area contributed by atoms with Gasteiger partial charge in [0, 0.05) is 25.5 Å². The standard InChI is InChI=1S/C18H13BrClNS/c1-22-14-10-17(12-5-4-6-13(20)9-12)21-18(11-14)15-7-2-3-8-16(15)19/h2-11H,1H3. The molecule has 1 nitrogen and oxygen atoms in total. The summed E-state index contributed by atoms with van der Waals surface area (Å²) >= 11 is 11.4. The van der Waals surface area contributed by atoms with Crippen molar-refractivity contribution in [2.75, 3.05) is 6.26 Å². The Morgan fingerprint density at radius 2 is 1.73 bits per heavy atom. The smallest absolute Gasteiger partial charge is 0.0732 e. The number of thioether (sulfide) groups is 1. The average Bonchev–Trinajstić information content (AvgIpc) is 2.55. The minimum absolute atomic E-state index is 0.719. The Hall–Kier alpha value is -1.29. The molecule has 0 spiro atoms. The highest BCUT2D eigenvalue weighted by Gasteiger charge is 2.09. The van der Waals surface area contributed by atoms with Crippen LogP contribution >= 0.6 is 39.3 Å². The Morgan fingerprint density at radius 3 is 2.45 bits per heavy atom. The van der Waals surface area contributed by atoms with Crippen molar-refractivity contribution in [2.45, 2.75) is 4.90 Å². The molecule has 0 radical (unpaired) electrons. The van der Waals surface area contributed by atoms with Crippen LogP contribution in [0.1, 0.15) is 0 Å². The largest absolute Gasteiger partial charge is 0.248 e. The summed E-state index contributed by atoms with van der Waals surface area (Å²) in [7, 11) is 0. The molecule has 0 N–H and O–H groups in total. The number of nitrogens with zero attached hydrogens (tertiary/aromatic N) is 1. The lowest BCUT2D eigenvalue weighted by atomic mass is 10.1. The van der Waals surface area contributed by atoms with Crippen molar-refractivity contribution >= 4 is 39.3 Å². The highest BCUT2D eigenvalue weighted by molar-refractivity contribution is 9.10. The molecule has 0 bridgehead atoms. The third-order valence-corrected chi connectivity index (χ3v) is 4.94. The SMILES string of the molecule is CSc1cc(-c2cccc(Cl)c2)nc(-c2ccccc2Br)c1. The molecule has 0 unspecified atom stereocenters. The van der Waals surface area contributed by atoms with E-state index in [1.807, 2.05) is 42.5 Å². The summed E-state index contributed by atoms with van der Waals surface area (Å²) in [6.45, 7) is 0. The van der Waals surface area contributed by atoms with Gasteiger partial charge in [0.1, 0.15) is 0 Å². The molecule has 0 saturated heterocycles. The molecule has 3 rings (SSSR count). The second-order valence-corrected chi connectivity index (χ2v) is 6.94. The van der Waals surface area contributed by atoms with Crippen LogP contribution in [0.15, 0.2) is 70.0 Å². The van der Waals surface area contributed by atoms with Crippen LogP contribution in [0.25, 0.3) is 22.5 Å². The summed E-state index contributed by atoms with van der Waals surface area (Å²) in [5.41, 5.74) is 3.99. The van der Waals surface area contributed by atoms with Crippen LogP contribution in [0.3, 0.4) is 0 Å². The van der Waals surface area contributed by atoms with Crippen molar-refractivity contribution in [3.8, 4) is 22.5 Å². The molecule has 2 aromatic carbocycles. The van der Waals surface area contributed by atoms with Gasteiger partial charge in [0.25, 0.3) is 0 Å². The fraction of sp³-hybridized carbons (Fsp3) is 0.0556. The van der Waals surface area contributed by atoms with Gasteiger partial charge in [-0.1, -0.05) is 57.9 Å². The molecule has 110 valence electrons. The minimum Gasteiger partial charge on any atom is -0.248 e. The first kappa shape index (κ1) is 15.6. The Labute approximate surface area is 147 Å². The average molecular weight is 391 g/mol. The molecule has 0 atom stereocenters. The van der Waals surface area contributed by atoms with Crippen LogP contribution < -0.4 is 0 Å². The van der Waals surface area contributed by atoms with Crippen LogP contribution in [-0.4, -0.2) is 11.2 Å². The summed E-state index contributed by atoms with van der Waals surface area (Å²) in [6, 6.07) is 20.1. The molecular formula is C18H13BrClNS. The lowest BCUT2D eigenvalue weighted by Gasteiger charge is -2.10. The van der Waals surface area contributed by atoms with E-state index in [9.17, 15) is 0 Å². The van der Waals surface area contributed by atoms with Crippen molar-refractivity contribution in [3.63, 3.8) is 0 Å². The zero-order valence-corrected chi connectivity index (χ0v) is 15.0. The van der Waals surface area contributed by atoms with Gasteiger partial charge in [-0.15, -0.1) is 11.8 Å². The molecule has 0 aliphatic heterocycles. The van der Waals surface area contributed by atoms with E-state index in [2.05, 4.69) is 40.4 Å². The monoisotopic (exact) mass is 389 g/mol. The van der Waals surface area contributed by atoms with Gasteiger partial charge in [0.2, 0.25) is 0 Å². The highest BCUT2D eigenvalue weighted by atomic mass is 79.9. The first-order valence-electron chi connectivity index (χ1n) is 6.74. The summed E-state index contributed by atoms with van der Waals surface area (Å²) in [5.74, 6) is 0. The number of benzene rings is 2. The molecule has 0 saturated carbocycles. The number of halogens is 2. The van der Waals surface area contributed by atoms with Gasteiger partial charge in [-0.2, -0.15) is 0 Å². The topological polar surface area (TPSA) is 12.9 Å². The molecule has 0 aliphatic rings. The van der Waals surface area contributed by atoms with Crippen molar-refractivity contribution in [1.82, 2.24) is 4.98 Å². The third-order valence-electron chi connectivity index (χ3n) is 3.30. The normalized spacial score (nSPS) is 10.7. The van der Waals surface area contributed by atoms with Gasteiger partial charge >= 0.3 is 0 Å². The zero-order valence-electron chi connectivity index (χ0n) is 11.9. The highest BCUT2D eigenvalue weighted by Crippen LogP contribution is 2.32. The first-order valence-corrected chi connectivity index (χ1v) is 9.14. The lowest BCUT2D eigenvalue weighted by molar-refractivity contribution is 1.26. The van der Waals surface area contributed by atoms with Crippen molar-refractivity contribution < 1.29 is 0 Å². The fourth-order valence-electron chi connectivity index (χ4n) is 2.23. The van der Waals surface area contributed by atoms with Crippen molar-refractivity contribution in [2.24, 2.45) is 0 Å². The van der Waals surface area contributed by atoms with Gasteiger partial charge in [0.05, 0.1) is 11.4 Å². The van der Waals surface area contributed by atoms with E-state index in [0.29, 0.717) is 0 Å². The van der Waals surface area contributed by atoms with Gasteiger partial charge in [-0.3, -0.25) is 0 Å².